The number of ether oxygens (including phenoxy) is 2. The summed E-state index contributed by atoms with van der Waals surface area (Å²) in [4.78, 5) is 15.2. The van der Waals surface area contributed by atoms with Crippen molar-refractivity contribution in [2.45, 2.75) is 33.2 Å². The highest BCUT2D eigenvalue weighted by Crippen LogP contribution is 2.29. The van der Waals surface area contributed by atoms with Gasteiger partial charge in [0.15, 0.2) is 11.5 Å². The molecule has 1 fully saturated rings. The first-order valence-electron chi connectivity index (χ1n) is 9.82. The second kappa shape index (κ2) is 9.11. The molecular formula is C23H30N2O3. The Labute approximate surface area is 167 Å². The van der Waals surface area contributed by atoms with Crippen LogP contribution in [0.25, 0.3) is 0 Å². The number of nitrogens with one attached hydrogen (secondary N) is 1. The second-order valence-corrected chi connectivity index (χ2v) is 7.52. The van der Waals surface area contributed by atoms with Crippen LogP contribution in [0, 0.1) is 19.8 Å². The fraction of sp³-hybridized carbons (Fsp3) is 0.435. The normalized spacial score (nSPS) is 17.2. The molecular weight excluding hydrogens is 352 g/mol. The zero-order valence-electron chi connectivity index (χ0n) is 17.2. The van der Waals surface area contributed by atoms with E-state index in [0.717, 1.165) is 66.4 Å². The highest BCUT2D eigenvalue weighted by molar-refractivity contribution is 5.94. The number of amides is 1. The van der Waals surface area contributed by atoms with E-state index in [9.17, 15) is 4.79 Å². The number of hydrogen-bond acceptors (Lipinski definition) is 4. The molecule has 0 saturated carbocycles. The van der Waals surface area contributed by atoms with Crippen molar-refractivity contribution in [1.29, 1.82) is 0 Å². The van der Waals surface area contributed by atoms with E-state index in [2.05, 4.69) is 16.3 Å². The maximum Gasteiger partial charge on any atom is 0.228 e. The predicted octanol–water partition coefficient (Wildman–Crippen LogP) is 4.17. The third-order valence-electron chi connectivity index (χ3n) is 5.46. The molecule has 0 spiro atoms. The highest BCUT2D eigenvalue weighted by Gasteiger charge is 2.26. The monoisotopic (exact) mass is 382 g/mol. The zero-order valence-corrected chi connectivity index (χ0v) is 17.2. The predicted molar refractivity (Wildman–Crippen MR) is 112 cm³/mol. The van der Waals surface area contributed by atoms with E-state index in [1.807, 2.05) is 44.2 Å². The third kappa shape index (κ3) is 4.65. The van der Waals surface area contributed by atoms with Gasteiger partial charge in [-0.25, -0.2) is 0 Å². The lowest BCUT2D eigenvalue weighted by molar-refractivity contribution is -0.121. The number of anilines is 1. The molecule has 0 aromatic heterocycles. The zero-order chi connectivity index (χ0) is 20.1. The molecule has 3 rings (SSSR count). The SMILES string of the molecule is COc1ccc(CN2CCC[C@@H](C(=O)Nc3c(C)cccc3C)C2)cc1OC. The average molecular weight is 383 g/mol. The first kappa shape index (κ1) is 20.2. The summed E-state index contributed by atoms with van der Waals surface area (Å²) in [6.07, 6.45) is 1.96. The van der Waals surface area contributed by atoms with Gasteiger partial charge in [0, 0.05) is 18.8 Å². The number of rotatable bonds is 6. The van der Waals surface area contributed by atoms with E-state index in [-0.39, 0.29) is 11.8 Å². The van der Waals surface area contributed by atoms with Crippen LogP contribution in [0.15, 0.2) is 36.4 Å². The number of methoxy groups -OCH3 is 2. The van der Waals surface area contributed by atoms with E-state index in [0.29, 0.717) is 0 Å². The molecule has 5 heteroatoms. The van der Waals surface area contributed by atoms with Crippen LogP contribution in [0.1, 0.15) is 29.5 Å². The van der Waals surface area contributed by atoms with E-state index in [4.69, 9.17) is 9.47 Å². The van der Waals surface area contributed by atoms with Crippen LogP contribution in [0.4, 0.5) is 5.69 Å². The molecule has 150 valence electrons. The van der Waals surface area contributed by atoms with Gasteiger partial charge in [0.05, 0.1) is 20.1 Å². The standard InChI is InChI=1S/C23H30N2O3/c1-16-7-5-8-17(2)22(16)24-23(26)19-9-6-12-25(15-19)14-18-10-11-20(27-3)21(13-18)28-4/h5,7-8,10-11,13,19H,6,9,12,14-15H2,1-4H3,(H,24,26)/t19-/m1/s1. The van der Waals surface area contributed by atoms with Crippen molar-refractivity contribution in [1.82, 2.24) is 4.90 Å². The van der Waals surface area contributed by atoms with Crippen molar-refractivity contribution in [3.63, 3.8) is 0 Å². The number of piperidine rings is 1. The van der Waals surface area contributed by atoms with Gasteiger partial charge in [0.2, 0.25) is 5.91 Å². The lowest BCUT2D eigenvalue weighted by Crippen LogP contribution is -2.40. The third-order valence-corrected chi connectivity index (χ3v) is 5.46. The molecule has 1 heterocycles. The van der Waals surface area contributed by atoms with Crippen LogP contribution in [-0.2, 0) is 11.3 Å². The Kier molecular flexibility index (Phi) is 6.57. The van der Waals surface area contributed by atoms with Crippen molar-refractivity contribution in [2.75, 3.05) is 32.6 Å². The lowest BCUT2D eigenvalue weighted by Gasteiger charge is -2.32. The number of hydrogen-bond donors (Lipinski definition) is 1. The summed E-state index contributed by atoms with van der Waals surface area (Å²) in [7, 11) is 3.29. The Balaban J connectivity index is 1.64. The smallest absolute Gasteiger partial charge is 0.228 e. The Morgan fingerprint density at radius 1 is 1.11 bits per heavy atom. The van der Waals surface area contributed by atoms with E-state index in [1.165, 1.54) is 0 Å². The first-order valence-corrected chi connectivity index (χ1v) is 9.82. The minimum absolute atomic E-state index is 0.00731. The van der Waals surface area contributed by atoms with E-state index >= 15 is 0 Å². The first-order chi connectivity index (χ1) is 13.5. The van der Waals surface area contributed by atoms with Gasteiger partial charge in [0.1, 0.15) is 0 Å². The molecule has 0 bridgehead atoms. The molecule has 1 N–H and O–H groups in total. The Morgan fingerprint density at radius 3 is 2.50 bits per heavy atom. The Bertz CT molecular complexity index is 814. The molecule has 2 aromatic rings. The van der Waals surface area contributed by atoms with Crippen molar-refractivity contribution < 1.29 is 14.3 Å². The van der Waals surface area contributed by atoms with Crippen LogP contribution >= 0.6 is 0 Å². The number of benzene rings is 2. The van der Waals surface area contributed by atoms with Crippen LogP contribution < -0.4 is 14.8 Å². The van der Waals surface area contributed by atoms with Gasteiger partial charge in [-0.2, -0.15) is 0 Å². The molecule has 1 aliphatic heterocycles. The molecule has 1 amide bonds. The van der Waals surface area contributed by atoms with Crippen molar-refractivity contribution in [3.05, 3.63) is 53.1 Å². The molecule has 1 atom stereocenters. The number of para-hydroxylation sites is 1. The summed E-state index contributed by atoms with van der Waals surface area (Å²) in [5.41, 5.74) is 4.32. The van der Waals surface area contributed by atoms with E-state index in [1.54, 1.807) is 14.2 Å². The van der Waals surface area contributed by atoms with Gasteiger partial charge in [-0.15, -0.1) is 0 Å². The van der Waals surface area contributed by atoms with Gasteiger partial charge in [-0.3, -0.25) is 9.69 Å². The van der Waals surface area contributed by atoms with Crippen LogP contribution in [0.3, 0.4) is 0 Å². The molecule has 5 nitrogen and oxygen atoms in total. The second-order valence-electron chi connectivity index (χ2n) is 7.52. The summed E-state index contributed by atoms with van der Waals surface area (Å²) < 4.78 is 10.7. The van der Waals surface area contributed by atoms with Gasteiger partial charge in [-0.05, 0) is 62.1 Å². The molecule has 0 radical (unpaired) electrons. The molecule has 1 saturated heterocycles. The summed E-state index contributed by atoms with van der Waals surface area (Å²) in [6.45, 7) is 6.64. The van der Waals surface area contributed by atoms with Gasteiger partial charge < -0.3 is 14.8 Å². The maximum atomic E-state index is 12.9. The topological polar surface area (TPSA) is 50.8 Å². The average Bonchev–Trinajstić information content (AvgIpc) is 2.70. The van der Waals surface area contributed by atoms with Crippen LogP contribution in [0.2, 0.25) is 0 Å². The fourth-order valence-electron chi connectivity index (χ4n) is 3.89. The number of carbonyl (C=O) groups excluding carboxylic acids is 1. The van der Waals surface area contributed by atoms with Gasteiger partial charge >= 0.3 is 0 Å². The number of aryl methyl sites for hydroxylation is 2. The largest absolute Gasteiger partial charge is 0.493 e. The number of likely N-dealkylation sites (tertiary alicyclic amines) is 1. The minimum atomic E-state index is 0.00731. The Hall–Kier alpha value is -2.53. The van der Waals surface area contributed by atoms with Crippen LogP contribution in [0.5, 0.6) is 11.5 Å². The molecule has 2 aromatic carbocycles. The quantitative estimate of drug-likeness (QED) is 0.815. The van der Waals surface area contributed by atoms with Gasteiger partial charge in [-0.1, -0.05) is 24.3 Å². The molecule has 0 unspecified atom stereocenters. The van der Waals surface area contributed by atoms with Gasteiger partial charge in [0.25, 0.3) is 0 Å². The Morgan fingerprint density at radius 2 is 1.82 bits per heavy atom. The van der Waals surface area contributed by atoms with E-state index < -0.39 is 0 Å². The fourth-order valence-corrected chi connectivity index (χ4v) is 3.89. The summed E-state index contributed by atoms with van der Waals surface area (Å²) in [5.74, 6) is 1.60. The summed E-state index contributed by atoms with van der Waals surface area (Å²) in [5, 5.41) is 3.16. The number of nitrogens with zero attached hydrogens (tertiary/aromatic N) is 1. The number of carbonyl (C=O) groups is 1. The summed E-state index contributed by atoms with van der Waals surface area (Å²) in [6, 6.07) is 12.1. The highest BCUT2D eigenvalue weighted by atomic mass is 16.5. The van der Waals surface area contributed by atoms with Crippen LogP contribution in [-0.4, -0.2) is 38.1 Å². The van der Waals surface area contributed by atoms with Crippen molar-refractivity contribution in [2.24, 2.45) is 5.92 Å². The minimum Gasteiger partial charge on any atom is -0.493 e. The summed E-state index contributed by atoms with van der Waals surface area (Å²) >= 11 is 0. The lowest BCUT2D eigenvalue weighted by atomic mass is 9.96. The molecule has 1 aliphatic rings. The van der Waals surface area contributed by atoms with Crippen molar-refractivity contribution in [3.8, 4) is 11.5 Å². The molecule has 28 heavy (non-hydrogen) atoms. The van der Waals surface area contributed by atoms with Crippen molar-refractivity contribution >= 4 is 11.6 Å². The molecule has 0 aliphatic carbocycles. The maximum absolute atomic E-state index is 12.9.